The lowest BCUT2D eigenvalue weighted by Crippen LogP contribution is -2.29. The van der Waals surface area contributed by atoms with Gasteiger partial charge >= 0.3 is 0 Å². The average molecular weight is 432 g/mol. The lowest BCUT2D eigenvalue weighted by Gasteiger charge is -2.23. The highest BCUT2D eigenvalue weighted by Gasteiger charge is 2.27. The third kappa shape index (κ3) is 4.49. The number of hydrogen-bond donors (Lipinski definition) is 2. The van der Waals surface area contributed by atoms with Crippen molar-refractivity contribution in [3.8, 4) is 5.75 Å². The van der Waals surface area contributed by atoms with E-state index in [4.69, 9.17) is 27.9 Å². The zero-order valence-electron chi connectivity index (χ0n) is 14.9. The molecule has 1 aliphatic rings. The summed E-state index contributed by atoms with van der Waals surface area (Å²) in [6, 6.07) is 11.7. The molecule has 29 heavy (non-hydrogen) atoms. The number of halogens is 2. The number of anilines is 2. The van der Waals surface area contributed by atoms with Crippen LogP contribution in [0, 0.1) is 0 Å². The molecule has 0 aliphatic carbocycles. The average Bonchev–Trinajstić information content (AvgIpc) is 3.13. The van der Waals surface area contributed by atoms with Crippen molar-refractivity contribution in [1.82, 2.24) is 14.8 Å². The summed E-state index contributed by atoms with van der Waals surface area (Å²) in [4.78, 5) is 28.0. The van der Waals surface area contributed by atoms with Crippen molar-refractivity contribution < 1.29 is 14.3 Å². The van der Waals surface area contributed by atoms with Gasteiger partial charge < -0.3 is 10.1 Å². The minimum Gasteiger partial charge on any atom is -0.484 e. The number of carbonyl (C=O) groups excluding carboxylic acids is 2. The van der Waals surface area contributed by atoms with Gasteiger partial charge in [-0.05, 0) is 35.9 Å². The van der Waals surface area contributed by atoms with Crippen molar-refractivity contribution in [3.05, 3.63) is 64.4 Å². The van der Waals surface area contributed by atoms with E-state index in [9.17, 15) is 9.59 Å². The number of carbonyl (C=O) groups is 2. The molecule has 8 nitrogen and oxygen atoms in total. The maximum absolute atomic E-state index is 12.1. The number of fused-ring (bicyclic) bond motifs is 1. The zero-order valence-corrected chi connectivity index (χ0v) is 16.4. The Hall–Kier alpha value is -3.10. The molecule has 2 amide bonds. The molecule has 0 bridgehead atoms. The first-order valence-electron chi connectivity index (χ1n) is 8.66. The van der Waals surface area contributed by atoms with Crippen molar-refractivity contribution in [3.63, 3.8) is 0 Å². The molecule has 0 saturated heterocycles. The molecule has 0 saturated carbocycles. The van der Waals surface area contributed by atoms with Gasteiger partial charge in [-0.2, -0.15) is 10.1 Å². The SMILES string of the molecule is O=C(COc1ccc(C2CC(=O)Nc3ncnn32)cc1)Nc1cc(Cl)cc(Cl)c1. The first-order valence-corrected chi connectivity index (χ1v) is 9.41. The van der Waals surface area contributed by atoms with E-state index in [-0.39, 0.29) is 30.9 Å². The minimum absolute atomic E-state index is 0.117. The van der Waals surface area contributed by atoms with Gasteiger partial charge in [-0.15, -0.1) is 0 Å². The minimum atomic E-state index is -0.344. The van der Waals surface area contributed by atoms with E-state index >= 15 is 0 Å². The van der Waals surface area contributed by atoms with Crippen LogP contribution in [-0.2, 0) is 9.59 Å². The molecule has 4 rings (SSSR count). The molecular formula is C19H15Cl2N5O3. The number of rotatable bonds is 5. The Morgan fingerprint density at radius 2 is 1.93 bits per heavy atom. The first-order chi connectivity index (χ1) is 14.0. The molecule has 0 fully saturated rings. The van der Waals surface area contributed by atoms with Crippen molar-refractivity contribution in [2.45, 2.75) is 12.5 Å². The van der Waals surface area contributed by atoms with Gasteiger partial charge in [-0.25, -0.2) is 4.68 Å². The number of ether oxygens (including phenoxy) is 1. The second kappa shape index (κ2) is 8.10. The number of nitrogens with one attached hydrogen (secondary N) is 2. The zero-order chi connectivity index (χ0) is 20.4. The number of benzene rings is 2. The van der Waals surface area contributed by atoms with Crippen molar-refractivity contribution in [2.24, 2.45) is 0 Å². The standard InChI is InChI=1S/C19H15Cl2N5O3/c20-12-5-13(21)7-14(6-12)24-18(28)9-29-15-3-1-11(2-4-15)16-8-17(27)25-19-22-10-23-26(16)19/h1-7,10,16H,8-9H2,(H,24,28)(H,22,23,25,27). The molecule has 1 aromatic heterocycles. The highest BCUT2D eigenvalue weighted by Crippen LogP contribution is 2.29. The fourth-order valence-corrected chi connectivity index (χ4v) is 3.55. The molecule has 1 atom stereocenters. The summed E-state index contributed by atoms with van der Waals surface area (Å²) in [6.07, 6.45) is 1.66. The van der Waals surface area contributed by atoms with Crippen molar-refractivity contribution in [2.75, 3.05) is 17.2 Å². The van der Waals surface area contributed by atoms with Gasteiger partial charge in [0.1, 0.15) is 12.1 Å². The quantitative estimate of drug-likeness (QED) is 0.643. The third-order valence-electron chi connectivity index (χ3n) is 4.28. The van der Waals surface area contributed by atoms with Gasteiger partial charge in [0, 0.05) is 15.7 Å². The highest BCUT2D eigenvalue weighted by molar-refractivity contribution is 6.35. The van der Waals surface area contributed by atoms with Crippen LogP contribution in [-0.4, -0.2) is 33.2 Å². The van der Waals surface area contributed by atoms with Gasteiger partial charge in [0.2, 0.25) is 11.9 Å². The molecule has 1 unspecified atom stereocenters. The third-order valence-corrected chi connectivity index (χ3v) is 4.72. The topological polar surface area (TPSA) is 98.1 Å². The van der Waals surface area contributed by atoms with Gasteiger partial charge in [0.05, 0.1) is 12.5 Å². The molecule has 0 spiro atoms. The van der Waals surface area contributed by atoms with Gasteiger partial charge in [-0.1, -0.05) is 35.3 Å². The highest BCUT2D eigenvalue weighted by atomic mass is 35.5. The van der Waals surface area contributed by atoms with Gasteiger partial charge in [0.15, 0.2) is 6.61 Å². The number of nitrogens with zero attached hydrogens (tertiary/aromatic N) is 3. The molecule has 2 N–H and O–H groups in total. The number of hydrogen-bond acceptors (Lipinski definition) is 5. The van der Waals surface area contributed by atoms with Crippen LogP contribution >= 0.6 is 23.2 Å². The Bertz CT molecular complexity index is 1050. The van der Waals surface area contributed by atoms with Crippen LogP contribution in [0.15, 0.2) is 48.8 Å². The van der Waals surface area contributed by atoms with Crippen LogP contribution in [0.25, 0.3) is 0 Å². The van der Waals surface area contributed by atoms with Gasteiger partial charge in [0.25, 0.3) is 5.91 Å². The van der Waals surface area contributed by atoms with E-state index in [1.54, 1.807) is 35.0 Å². The van der Waals surface area contributed by atoms with E-state index in [2.05, 4.69) is 20.7 Å². The molecular weight excluding hydrogens is 417 g/mol. The number of amides is 2. The second-order valence-corrected chi connectivity index (χ2v) is 7.23. The molecule has 0 radical (unpaired) electrons. The maximum Gasteiger partial charge on any atom is 0.262 e. The van der Waals surface area contributed by atoms with Crippen LogP contribution in [0.4, 0.5) is 11.6 Å². The summed E-state index contributed by atoms with van der Waals surface area (Å²) in [6.45, 7) is -0.178. The molecule has 148 valence electrons. The van der Waals surface area contributed by atoms with E-state index in [0.29, 0.717) is 27.4 Å². The van der Waals surface area contributed by atoms with Crippen molar-refractivity contribution >= 4 is 46.7 Å². The predicted octanol–water partition coefficient (Wildman–Crippen LogP) is 3.53. The Kier molecular flexibility index (Phi) is 5.37. The van der Waals surface area contributed by atoms with Crippen LogP contribution < -0.4 is 15.4 Å². The van der Waals surface area contributed by atoms with Crippen LogP contribution in [0.3, 0.4) is 0 Å². The smallest absolute Gasteiger partial charge is 0.262 e. The normalized spacial score (nSPS) is 15.4. The summed E-state index contributed by atoms with van der Waals surface area (Å²) in [5.41, 5.74) is 1.38. The molecule has 1 aliphatic heterocycles. The van der Waals surface area contributed by atoms with Crippen LogP contribution in [0.5, 0.6) is 5.75 Å². The van der Waals surface area contributed by atoms with Crippen LogP contribution in [0.2, 0.25) is 10.0 Å². The van der Waals surface area contributed by atoms with E-state index in [1.807, 2.05) is 12.1 Å². The fraction of sp³-hybridized carbons (Fsp3) is 0.158. The fourth-order valence-electron chi connectivity index (χ4n) is 3.02. The van der Waals surface area contributed by atoms with E-state index in [1.165, 1.54) is 6.33 Å². The van der Waals surface area contributed by atoms with Crippen molar-refractivity contribution in [1.29, 1.82) is 0 Å². The Labute approximate surface area is 175 Å². The molecule has 2 aromatic carbocycles. The lowest BCUT2D eigenvalue weighted by atomic mass is 10.0. The predicted molar refractivity (Wildman–Crippen MR) is 108 cm³/mol. The summed E-state index contributed by atoms with van der Waals surface area (Å²) in [5, 5.41) is 10.4. The Balaban J connectivity index is 1.38. The van der Waals surface area contributed by atoms with Crippen LogP contribution in [0.1, 0.15) is 18.0 Å². The molecule has 10 heteroatoms. The van der Waals surface area contributed by atoms with E-state index in [0.717, 1.165) is 5.56 Å². The largest absolute Gasteiger partial charge is 0.484 e. The summed E-state index contributed by atoms with van der Waals surface area (Å²) in [5.74, 6) is 0.480. The monoisotopic (exact) mass is 431 g/mol. The Morgan fingerprint density at radius 3 is 2.66 bits per heavy atom. The summed E-state index contributed by atoms with van der Waals surface area (Å²) >= 11 is 11.8. The van der Waals surface area contributed by atoms with Gasteiger partial charge in [-0.3, -0.25) is 14.9 Å². The lowest BCUT2D eigenvalue weighted by molar-refractivity contribution is -0.118. The number of aromatic nitrogens is 3. The molecule has 2 heterocycles. The maximum atomic E-state index is 12.1. The Morgan fingerprint density at radius 1 is 1.21 bits per heavy atom. The molecule has 3 aromatic rings. The summed E-state index contributed by atoms with van der Waals surface area (Å²) < 4.78 is 7.19. The first kappa shape index (κ1) is 19.2. The second-order valence-electron chi connectivity index (χ2n) is 6.36. The summed E-state index contributed by atoms with van der Waals surface area (Å²) in [7, 11) is 0. The van der Waals surface area contributed by atoms with E-state index < -0.39 is 0 Å².